The van der Waals surface area contributed by atoms with Gasteiger partial charge in [-0.2, -0.15) is 5.26 Å². The minimum atomic E-state index is -1.12. The van der Waals surface area contributed by atoms with Gasteiger partial charge in [0.05, 0.1) is 11.6 Å². The van der Waals surface area contributed by atoms with Gasteiger partial charge in [-0.25, -0.2) is 0 Å². The molecule has 26 heavy (non-hydrogen) atoms. The number of nitrogens with zero attached hydrogens (tertiary/aromatic N) is 1. The third-order valence-corrected chi connectivity index (χ3v) is 4.40. The first kappa shape index (κ1) is 17.4. The van der Waals surface area contributed by atoms with Gasteiger partial charge >= 0.3 is 0 Å². The molecule has 2 amide bonds. The predicted octanol–water partition coefficient (Wildman–Crippen LogP) is 3.12. The van der Waals surface area contributed by atoms with E-state index in [-0.39, 0.29) is 5.78 Å². The van der Waals surface area contributed by atoms with Crippen LogP contribution < -0.4 is 10.6 Å². The number of nitriles is 1. The van der Waals surface area contributed by atoms with Gasteiger partial charge < -0.3 is 10.6 Å². The van der Waals surface area contributed by atoms with Gasteiger partial charge in [0.2, 0.25) is 11.8 Å². The highest BCUT2D eigenvalue weighted by Crippen LogP contribution is 2.47. The molecule has 3 rings (SSSR count). The number of carbonyl (C=O) groups is 3. The van der Waals surface area contributed by atoms with E-state index in [0.717, 1.165) is 0 Å². The molecule has 0 spiro atoms. The fourth-order valence-corrected chi connectivity index (χ4v) is 2.67. The Kier molecular flexibility index (Phi) is 4.55. The number of nitrogens with one attached hydrogen (secondary N) is 2. The normalized spacial score (nSPS) is 14.0. The van der Waals surface area contributed by atoms with E-state index < -0.39 is 17.2 Å². The maximum atomic E-state index is 12.6. The number of amides is 2. The van der Waals surface area contributed by atoms with Crippen LogP contribution in [0.3, 0.4) is 0 Å². The van der Waals surface area contributed by atoms with Gasteiger partial charge in [0.1, 0.15) is 5.41 Å². The van der Waals surface area contributed by atoms with Crippen molar-refractivity contribution in [3.8, 4) is 6.07 Å². The largest absolute Gasteiger partial charge is 0.325 e. The van der Waals surface area contributed by atoms with Crippen molar-refractivity contribution in [1.82, 2.24) is 0 Å². The lowest BCUT2D eigenvalue weighted by Crippen LogP contribution is -2.35. The predicted molar refractivity (Wildman–Crippen MR) is 96.5 cm³/mol. The quantitative estimate of drug-likeness (QED) is 0.641. The summed E-state index contributed by atoms with van der Waals surface area (Å²) in [6.45, 7) is 1.45. The summed E-state index contributed by atoms with van der Waals surface area (Å²) in [4.78, 5) is 36.7. The maximum Gasteiger partial charge on any atom is 0.240 e. The van der Waals surface area contributed by atoms with E-state index in [1.54, 1.807) is 48.5 Å². The van der Waals surface area contributed by atoms with Crippen molar-refractivity contribution in [2.24, 2.45) is 5.41 Å². The van der Waals surface area contributed by atoms with Gasteiger partial charge in [0.15, 0.2) is 5.78 Å². The number of benzene rings is 2. The molecule has 6 heteroatoms. The van der Waals surface area contributed by atoms with Gasteiger partial charge in [0.25, 0.3) is 0 Å². The average Bonchev–Trinajstić information content (AvgIpc) is 3.44. The number of anilines is 2. The molecule has 1 fully saturated rings. The van der Waals surface area contributed by atoms with Crippen molar-refractivity contribution >= 4 is 29.0 Å². The third-order valence-electron chi connectivity index (χ3n) is 4.40. The lowest BCUT2D eigenvalue weighted by Gasteiger charge is -2.16. The van der Waals surface area contributed by atoms with E-state index in [1.807, 2.05) is 6.07 Å². The molecule has 0 atom stereocenters. The first-order chi connectivity index (χ1) is 12.4. The van der Waals surface area contributed by atoms with Crippen LogP contribution in [0.1, 0.15) is 35.7 Å². The molecule has 0 radical (unpaired) electrons. The number of hydrogen-bond donors (Lipinski definition) is 2. The van der Waals surface area contributed by atoms with Crippen molar-refractivity contribution in [3.63, 3.8) is 0 Å². The molecular weight excluding hydrogens is 330 g/mol. The maximum absolute atomic E-state index is 12.6. The lowest BCUT2D eigenvalue weighted by molar-refractivity contribution is -0.131. The minimum absolute atomic E-state index is 0.0997. The molecule has 0 saturated heterocycles. The smallest absolute Gasteiger partial charge is 0.240 e. The summed E-state index contributed by atoms with van der Waals surface area (Å²) in [6.07, 6.45) is 0.907. The monoisotopic (exact) mass is 347 g/mol. The fourth-order valence-electron chi connectivity index (χ4n) is 2.67. The number of Topliss-reactive ketones (excluding diaryl/α,β-unsaturated/α-hetero) is 1. The van der Waals surface area contributed by atoms with Crippen molar-refractivity contribution < 1.29 is 14.4 Å². The van der Waals surface area contributed by atoms with Crippen LogP contribution in [-0.4, -0.2) is 17.6 Å². The van der Waals surface area contributed by atoms with Crippen LogP contribution in [0, 0.1) is 16.7 Å². The summed E-state index contributed by atoms with van der Waals surface area (Å²) >= 11 is 0. The van der Waals surface area contributed by atoms with Crippen LogP contribution in [0.5, 0.6) is 0 Å². The van der Waals surface area contributed by atoms with E-state index in [1.165, 1.54) is 6.92 Å². The highest BCUT2D eigenvalue weighted by atomic mass is 16.2. The minimum Gasteiger partial charge on any atom is -0.325 e. The van der Waals surface area contributed by atoms with E-state index in [9.17, 15) is 14.4 Å². The molecule has 0 aromatic heterocycles. The average molecular weight is 347 g/mol. The Bertz CT molecular complexity index is 939. The van der Waals surface area contributed by atoms with E-state index >= 15 is 0 Å². The topological polar surface area (TPSA) is 99.1 Å². The van der Waals surface area contributed by atoms with Crippen LogP contribution in [0.25, 0.3) is 0 Å². The molecule has 2 aromatic carbocycles. The SMILES string of the molecule is CC(=O)c1cccc(NC(=O)C2(C(=O)Nc3cccc(C#N)c3)CC2)c1. The molecule has 2 aromatic rings. The molecular formula is C20H17N3O3. The lowest BCUT2D eigenvalue weighted by atomic mass is 10.0. The van der Waals surface area contributed by atoms with Crippen molar-refractivity contribution in [2.75, 3.05) is 10.6 Å². The number of carbonyl (C=O) groups excluding carboxylic acids is 3. The zero-order valence-electron chi connectivity index (χ0n) is 14.2. The Hall–Kier alpha value is -3.46. The first-order valence-electron chi connectivity index (χ1n) is 8.19. The highest BCUT2D eigenvalue weighted by molar-refractivity contribution is 6.17. The molecule has 1 aliphatic rings. The molecule has 0 bridgehead atoms. The molecule has 0 aliphatic heterocycles. The summed E-state index contributed by atoms with van der Waals surface area (Å²) in [5.74, 6) is -0.891. The standard InChI is InChI=1S/C20H17N3O3/c1-13(24)15-5-3-7-17(11-15)23-19(26)20(8-9-20)18(25)22-16-6-2-4-14(10-16)12-21/h2-7,10-11H,8-9H2,1H3,(H,22,25)(H,23,26). The molecule has 0 heterocycles. The zero-order chi connectivity index (χ0) is 18.7. The second-order valence-electron chi connectivity index (χ2n) is 6.32. The molecule has 1 saturated carbocycles. The number of ketones is 1. The Balaban J connectivity index is 1.72. The number of rotatable bonds is 5. The van der Waals surface area contributed by atoms with Crippen molar-refractivity contribution in [2.45, 2.75) is 19.8 Å². The van der Waals surface area contributed by atoms with E-state index in [2.05, 4.69) is 10.6 Å². The van der Waals surface area contributed by atoms with Gasteiger partial charge in [0, 0.05) is 16.9 Å². The van der Waals surface area contributed by atoms with Crippen LogP contribution in [0.15, 0.2) is 48.5 Å². The van der Waals surface area contributed by atoms with Crippen LogP contribution in [0.2, 0.25) is 0 Å². The van der Waals surface area contributed by atoms with Gasteiger partial charge in [-0.05, 0) is 50.1 Å². The van der Waals surface area contributed by atoms with Crippen molar-refractivity contribution in [3.05, 3.63) is 59.7 Å². The van der Waals surface area contributed by atoms with Crippen molar-refractivity contribution in [1.29, 1.82) is 5.26 Å². The van der Waals surface area contributed by atoms with Gasteiger partial charge in [-0.3, -0.25) is 14.4 Å². The summed E-state index contributed by atoms with van der Waals surface area (Å²) < 4.78 is 0. The highest BCUT2D eigenvalue weighted by Gasteiger charge is 2.56. The Morgan fingerprint density at radius 3 is 2.08 bits per heavy atom. The Morgan fingerprint density at radius 1 is 0.962 bits per heavy atom. The van der Waals surface area contributed by atoms with Crippen LogP contribution in [0.4, 0.5) is 11.4 Å². The summed E-state index contributed by atoms with van der Waals surface area (Å²) in [5.41, 5.74) is 0.762. The molecule has 1 aliphatic carbocycles. The second-order valence-corrected chi connectivity index (χ2v) is 6.32. The zero-order valence-corrected chi connectivity index (χ0v) is 14.2. The summed E-state index contributed by atoms with van der Waals surface area (Å²) in [6, 6.07) is 15.1. The first-order valence-corrected chi connectivity index (χ1v) is 8.19. The molecule has 130 valence electrons. The molecule has 0 unspecified atom stereocenters. The van der Waals surface area contributed by atoms with E-state index in [4.69, 9.17) is 5.26 Å². The number of hydrogen-bond acceptors (Lipinski definition) is 4. The fraction of sp³-hybridized carbons (Fsp3) is 0.200. The molecule has 6 nitrogen and oxygen atoms in total. The van der Waals surface area contributed by atoms with E-state index in [0.29, 0.717) is 35.3 Å². The summed E-state index contributed by atoms with van der Waals surface area (Å²) in [7, 11) is 0. The molecule has 2 N–H and O–H groups in total. The van der Waals surface area contributed by atoms with Crippen LogP contribution >= 0.6 is 0 Å². The Morgan fingerprint density at radius 2 is 1.54 bits per heavy atom. The van der Waals surface area contributed by atoms with Gasteiger partial charge in [-0.15, -0.1) is 0 Å². The Labute approximate surface area is 150 Å². The van der Waals surface area contributed by atoms with Gasteiger partial charge in [-0.1, -0.05) is 18.2 Å². The summed E-state index contributed by atoms with van der Waals surface area (Å²) in [5, 5.41) is 14.4. The third kappa shape index (κ3) is 3.47. The second kappa shape index (κ2) is 6.81. The van der Waals surface area contributed by atoms with Crippen LogP contribution in [-0.2, 0) is 9.59 Å².